The van der Waals surface area contributed by atoms with Crippen molar-refractivity contribution in [3.8, 4) is 0 Å². The molecule has 1 amide bonds. The molecule has 110 valence electrons. The highest BCUT2D eigenvalue weighted by atomic mass is 35.5. The number of piperazine rings is 1. The summed E-state index contributed by atoms with van der Waals surface area (Å²) in [6.45, 7) is 6.45. The minimum absolute atomic E-state index is 0.0969. The van der Waals surface area contributed by atoms with Gasteiger partial charge in [0.05, 0.1) is 15.6 Å². The van der Waals surface area contributed by atoms with Crippen molar-refractivity contribution in [3.63, 3.8) is 0 Å². The topological polar surface area (TPSA) is 49.6 Å². The van der Waals surface area contributed by atoms with E-state index in [1.54, 1.807) is 12.1 Å². The summed E-state index contributed by atoms with van der Waals surface area (Å²) >= 11 is 12.1. The second-order valence-electron chi connectivity index (χ2n) is 5.00. The number of hydrogen-bond acceptors (Lipinski definition) is 3. The van der Waals surface area contributed by atoms with E-state index in [0.29, 0.717) is 29.4 Å². The van der Waals surface area contributed by atoms with Crippen molar-refractivity contribution in [1.29, 1.82) is 0 Å². The first-order valence-corrected chi connectivity index (χ1v) is 7.54. The number of carbonyl (C=O) groups excluding carboxylic acids is 1. The molecule has 0 spiro atoms. The van der Waals surface area contributed by atoms with Crippen molar-refractivity contribution in [1.82, 2.24) is 9.80 Å². The van der Waals surface area contributed by atoms with E-state index in [9.17, 15) is 4.79 Å². The van der Waals surface area contributed by atoms with Gasteiger partial charge in [-0.2, -0.15) is 0 Å². The smallest absolute Gasteiger partial charge is 0.255 e. The number of nitrogens with zero attached hydrogens (tertiary/aromatic N) is 2. The third-order valence-corrected chi connectivity index (χ3v) is 4.28. The molecular weight excluding hydrogens is 297 g/mol. The van der Waals surface area contributed by atoms with E-state index in [0.717, 1.165) is 26.1 Å². The molecule has 0 aromatic heterocycles. The molecule has 1 aromatic rings. The van der Waals surface area contributed by atoms with E-state index in [1.807, 2.05) is 4.90 Å². The maximum atomic E-state index is 12.5. The van der Waals surface area contributed by atoms with E-state index in [2.05, 4.69) is 11.8 Å². The Labute approximate surface area is 129 Å². The second-order valence-corrected chi connectivity index (χ2v) is 5.78. The van der Waals surface area contributed by atoms with Crippen LogP contribution in [0.1, 0.15) is 23.7 Å². The Hall–Kier alpha value is -0.970. The van der Waals surface area contributed by atoms with Crippen molar-refractivity contribution in [2.45, 2.75) is 13.3 Å². The Morgan fingerprint density at radius 2 is 1.90 bits per heavy atom. The van der Waals surface area contributed by atoms with E-state index in [1.165, 1.54) is 0 Å². The molecule has 1 aliphatic rings. The van der Waals surface area contributed by atoms with Crippen LogP contribution >= 0.6 is 23.2 Å². The van der Waals surface area contributed by atoms with Crippen molar-refractivity contribution >= 4 is 34.8 Å². The predicted octanol–water partition coefficient (Wildman–Crippen LogP) is 2.74. The largest absolute Gasteiger partial charge is 0.399 e. The first-order chi connectivity index (χ1) is 9.52. The molecule has 1 heterocycles. The lowest BCUT2D eigenvalue weighted by Crippen LogP contribution is -2.48. The number of hydrogen-bond donors (Lipinski definition) is 1. The molecule has 0 radical (unpaired) electrons. The third kappa shape index (κ3) is 3.37. The summed E-state index contributed by atoms with van der Waals surface area (Å²) in [6, 6.07) is 3.15. The zero-order chi connectivity index (χ0) is 14.7. The molecule has 0 bridgehead atoms. The number of nitrogens with two attached hydrogens (primary N) is 1. The molecule has 0 saturated carbocycles. The van der Waals surface area contributed by atoms with Crippen LogP contribution < -0.4 is 5.73 Å². The van der Waals surface area contributed by atoms with Gasteiger partial charge in [0.1, 0.15) is 0 Å². The van der Waals surface area contributed by atoms with Crippen LogP contribution in [0.2, 0.25) is 10.0 Å². The zero-order valence-corrected chi connectivity index (χ0v) is 13.0. The monoisotopic (exact) mass is 315 g/mol. The summed E-state index contributed by atoms with van der Waals surface area (Å²) in [6.07, 6.45) is 1.13. The Balaban J connectivity index is 2.09. The Bertz CT molecular complexity index is 499. The number of amides is 1. The minimum Gasteiger partial charge on any atom is -0.399 e. The highest BCUT2D eigenvalue weighted by molar-refractivity contribution is 6.44. The lowest BCUT2D eigenvalue weighted by atomic mass is 10.1. The number of anilines is 1. The summed E-state index contributed by atoms with van der Waals surface area (Å²) in [4.78, 5) is 16.7. The van der Waals surface area contributed by atoms with Crippen LogP contribution in [0.25, 0.3) is 0 Å². The fourth-order valence-corrected chi connectivity index (χ4v) is 2.84. The number of benzene rings is 1. The molecule has 1 aromatic carbocycles. The number of rotatable bonds is 3. The van der Waals surface area contributed by atoms with Crippen LogP contribution in [0.5, 0.6) is 0 Å². The Morgan fingerprint density at radius 3 is 2.50 bits per heavy atom. The Morgan fingerprint density at radius 1 is 1.25 bits per heavy atom. The highest BCUT2D eigenvalue weighted by Crippen LogP contribution is 2.29. The summed E-state index contributed by atoms with van der Waals surface area (Å²) in [5.41, 5.74) is 6.58. The molecule has 0 aliphatic carbocycles. The first kappa shape index (κ1) is 15.4. The molecule has 1 fully saturated rings. The molecule has 1 saturated heterocycles. The molecule has 4 nitrogen and oxygen atoms in total. The van der Waals surface area contributed by atoms with Gasteiger partial charge in [0.15, 0.2) is 0 Å². The number of carbonyl (C=O) groups is 1. The fraction of sp³-hybridized carbons (Fsp3) is 0.500. The summed E-state index contributed by atoms with van der Waals surface area (Å²) < 4.78 is 0. The molecular formula is C14H19Cl2N3O. The van der Waals surface area contributed by atoms with Crippen LogP contribution in [0.15, 0.2) is 12.1 Å². The quantitative estimate of drug-likeness (QED) is 0.872. The molecule has 0 atom stereocenters. The second kappa shape index (κ2) is 6.66. The molecule has 2 rings (SSSR count). The standard InChI is InChI=1S/C14H19Cl2N3O/c1-2-3-18-4-6-19(7-5-18)14(20)11-8-10(17)9-12(15)13(11)16/h8-9H,2-7,17H2,1H3. The first-order valence-electron chi connectivity index (χ1n) is 6.79. The maximum Gasteiger partial charge on any atom is 0.255 e. The lowest BCUT2D eigenvalue weighted by molar-refractivity contribution is 0.0637. The number of nitrogen functional groups attached to an aromatic ring is 1. The van der Waals surface area contributed by atoms with Gasteiger partial charge in [-0.05, 0) is 25.1 Å². The van der Waals surface area contributed by atoms with Gasteiger partial charge in [0, 0.05) is 31.9 Å². The van der Waals surface area contributed by atoms with Gasteiger partial charge in [-0.25, -0.2) is 0 Å². The Kier molecular flexibility index (Phi) is 5.13. The van der Waals surface area contributed by atoms with Gasteiger partial charge in [0.2, 0.25) is 0 Å². The van der Waals surface area contributed by atoms with Crippen LogP contribution in [0.4, 0.5) is 5.69 Å². The fourth-order valence-electron chi connectivity index (χ4n) is 2.43. The molecule has 2 N–H and O–H groups in total. The highest BCUT2D eigenvalue weighted by Gasteiger charge is 2.24. The van der Waals surface area contributed by atoms with Crippen LogP contribution in [-0.4, -0.2) is 48.4 Å². The van der Waals surface area contributed by atoms with E-state index < -0.39 is 0 Å². The number of halogens is 2. The van der Waals surface area contributed by atoms with E-state index in [4.69, 9.17) is 28.9 Å². The third-order valence-electron chi connectivity index (χ3n) is 3.48. The summed E-state index contributed by atoms with van der Waals surface area (Å²) in [7, 11) is 0. The average molecular weight is 316 g/mol. The maximum absolute atomic E-state index is 12.5. The van der Waals surface area contributed by atoms with Gasteiger partial charge in [-0.1, -0.05) is 30.1 Å². The lowest BCUT2D eigenvalue weighted by Gasteiger charge is -2.34. The van der Waals surface area contributed by atoms with Gasteiger partial charge in [-0.15, -0.1) is 0 Å². The van der Waals surface area contributed by atoms with Crippen molar-refractivity contribution in [3.05, 3.63) is 27.7 Å². The van der Waals surface area contributed by atoms with E-state index in [-0.39, 0.29) is 10.9 Å². The van der Waals surface area contributed by atoms with Crippen molar-refractivity contribution in [2.24, 2.45) is 0 Å². The van der Waals surface area contributed by atoms with Crippen LogP contribution in [0.3, 0.4) is 0 Å². The average Bonchev–Trinajstić information content (AvgIpc) is 2.43. The van der Waals surface area contributed by atoms with Gasteiger partial charge in [-0.3, -0.25) is 9.69 Å². The van der Waals surface area contributed by atoms with Crippen molar-refractivity contribution in [2.75, 3.05) is 38.5 Å². The van der Waals surface area contributed by atoms with Gasteiger partial charge in [0.25, 0.3) is 5.91 Å². The van der Waals surface area contributed by atoms with Crippen LogP contribution in [0, 0.1) is 0 Å². The predicted molar refractivity (Wildman–Crippen MR) is 83.5 cm³/mol. The zero-order valence-electron chi connectivity index (χ0n) is 11.5. The summed E-state index contributed by atoms with van der Waals surface area (Å²) in [5, 5.41) is 0.599. The van der Waals surface area contributed by atoms with Crippen LogP contribution in [-0.2, 0) is 0 Å². The van der Waals surface area contributed by atoms with Gasteiger partial charge >= 0.3 is 0 Å². The van der Waals surface area contributed by atoms with Gasteiger partial charge < -0.3 is 10.6 Å². The van der Waals surface area contributed by atoms with E-state index >= 15 is 0 Å². The molecule has 6 heteroatoms. The summed E-state index contributed by atoms with van der Waals surface area (Å²) in [5.74, 6) is -0.0969. The van der Waals surface area contributed by atoms with Crippen molar-refractivity contribution < 1.29 is 4.79 Å². The normalized spacial score (nSPS) is 16.4. The molecule has 20 heavy (non-hydrogen) atoms. The SMILES string of the molecule is CCCN1CCN(C(=O)c2cc(N)cc(Cl)c2Cl)CC1. The molecule has 1 aliphatic heterocycles. The molecule has 0 unspecified atom stereocenters. The minimum atomic E-state index is -0.0969.